The van der Waals surface area contributed by atoms with Crippen molar-refractivity contribution in [1.82, 2.24) is 0 Å². The van der Waals surface area contributed by atoms with Gasteiger partial charge in [0.25, 0.3) is 0 Å². The van der Waals surface area contributed by atoms with Crippen molar-refractivity contribution in [3.63, 3.8) is 0 Å². The van der Waals surface area contributed by atoms with Crippen molar-refractivity contribution in [3.05, 3.63) is 23.3 Å². The van der Waals surface area contributed by atoms with Gasteiger partial charge < -0.3 is 9.47 Å². The molecule has 0 aromatic heterocycles. The van der Waals surface area contributed by atoms with Crippen LogP contribution >= 0.6 is 0 Å². The molecule has 3 rings (SSSR count). The zero-order valence-electron chi connectivity index (χ0n) is 27.0. The quantitative estimate of drug-likeness (QED) is 0.174. The van der Waals surface area contributed by atoms with E-state index in [4.69, 9.17) is 4.74 Å². The molecule has 0 N–H and O–H groups in total. The van der Waals surface area contributed by atoms with Gasteiger partial charge in [-0.1, -0.05) is 62.7 Å². The van der Waals surface area contributed by atoms with E-state index in [9.17, 15) is 35.9 Å². The van der Waals surface area contributed by atoms with Gasteiger partial charge in [-0.15, -0.1) is 0 Å². The first-order chi connectivity index (χ1) is 20.8. The highest BCUT2D eigenvalue weighted by molar-refractivity contribution is 5.67. The van der Waals surface area contributed by atoms with Crippen LogP contribution in [0, 0.1) is 34.5 Å². The highest BCUT2D eigenvalue weighted by atomic mass is 19.4. The summed E-state index contributed by atoms with van der Waals surface area (Å²) in [5.41, 5.74) is -2.00. The number of allylic oxidation sites excluding steroid dienone is 3. The minimum atomic E-state index is -5.87. The Kier molecular flexibility index (Phi) is 13.7. The maximum atomic E-state index is 12.8. The van der Waals surface area contributed by atoms with E-state index in [1.54, 1.807) is 6.92 Å². The number of hydrogen-bond donors (Lipinski definition) is 0. The summed E-state index contributed by atoms with van der Waals surface area (Å²) >= 11 is 0. The van der Waals surface area contributed by atoms with Crippen molar-refractivity contribution < 1.29 is 45.4 Å². The fraction of sp³-hybridized carbons (Fsp3) is 0.714. The van der Waals surface area contributed by atoms with Gasteiger partial charge in [-0.05, 0) is 81.0 Å². The number of ether oxygens (including phenoxy) is 2. The van der Waals surface area contributed by atoms with E-state index < -0.39 is 23.9 Å². The molecule has 0 bridgehead atoms. The van der Waals surface area contributed by atoms with Crippen LogP contribution in [0.4, 0.5) is 26.3 Å². The summed E-state index contributed by atoms with van der Waals surface area (Å²) in [5, 5.41) is 0. The molecule has 0 spiro atoms. The summed E-state index contributed by atoms with van der Waals surface area (Å²) in [6.07, 6.45) is 6.57. The van der Waals surface area contributed by atoms with Crippen LogP contribution in [0.1, 0.15) is 125 Å². The van der Waals surface area contributed by atoms with E-state index in [1.807, 2.05) is 5.92 Å². The Balaban J connectivity index is 0.000000322. The SMILES string of the molecule is CC(=O)OC(C#CCC1(C)CC1)(C(F)(F)F)C(F)(F)F.CC(=O)O[C@H]1CCC/C(=C/C=C2/C#CCCCCC(C)(C)CCC2)C1. The molecular weight excluding hydrogens is 598 g/mol. The summed E-state index contributed by atoms with van der Waals surface area (Å²) in [4.78, 5) is 21.8. The molecule has 0 aromatic carbocycles. The van der Waals surface area contributed by atoms with Gasteiger partial charge in [0.2, 0.25) is 0 Å². The van der Waals surface area contributed by atoms with Crippen LogP contribution < -0.4 is 0 Å². The van der Waals surface area contributed by atoms with Crippen molar-refractivity contribution >= 4 is 11.9 Å². The smallest absolute Gasteiger partial charge is 0.450 e. The molecule has 2 fully saturated rings. The number of hydrogen-bond acceptors (Lipinski definition) is 4. The Morgan fingerprint density at radius 3 is 2.11 bits per heavy atom. The number of carbonyl (C=O) groups is 2. The van der Waals surface area contributed by atoms with E-state index in [0.29, 0.717) is 25.2 Å². The zero-order chi connectivity index (χ0) is 33.9. The average Bonchev–Trinajstić information content (AvgIpc) is 3.63. The second-order valence-electron chi connectivity index (χ2n) is 13.4. The second kappa shape index (κ2) is 16.1. The van der Waals surface area contributed by atoms with Gasteiger partial charge in [0.05, 0.1) is 0 Å². The van der Waals surface area contributed by atoms with E-state index in [2.05, 4.69) is 42.6 Å². The zero-order valence-corrected chi connectivity index (χ0v) is 27.0. The molecule has 0 amide bonds. The van der Waals surface area contributed by atoms with Crippen molar-refractivity contribution in [2.75, 3.05) is 0 Å². The number of esters is 2. The topological polar surface area (TPSA) is 52.6 Å². The lowest BCUT2D eigenvalue weighted by atomic mass is 9.82. The van der Waals surface area contributed by atoms with Crippen LogP contribution in [0.5, 0.6) is 0 Å². The first kappa shape index (κ1) is 38.3. The summed E-state index contributed by atoms with van der Waals surface area (Å²) < 4.78 is 85.5. The maximum absolute atomic E-state index is 12.8. The lowest BCUT2D eigenvalue weighted by Gasteiger charge is -2.31. The molecule has 0 saturated heterocycles. The Labute approximate surface area is 263 Å². The van der Waals surface area contributed by atoms with Crippen molar-refractivity contribution in [1.29, 1.82) is 0 Å². The number of carbonyl (C=O) groups excluding carboxylic acids is 2. The van der Waals surface area contributed by atoms with Gasteiger partial charge >= 0.3 is 29.9 Å². The largest absolute Gasteiger partial charge is 0.462 e. The standard InChI is InChI=1S/C23H34O2.C12H12F6O2/c1-19(24)25-22-13-8-11-21(18-22)15-14-20-10-6-4-5-7-16-23(2,3)17-9-12-20;1-8(19)20-10(11(13,14)15,12(16,17)18)5-3-4-9(2)6-7-9/h14-15,22H,4-5,7-9,11-13,16-18H2,1-3H3;4,6-7H2,1-2H3/b20-14-,21-15-;/t22-;/m0./s1. The lowest BCUT2D eigenvalue weighted by molar-refractivity contribution is -0.345. The van der Waals surface area contributed by atoms with Crippen molar-refractivity contribution in [2.45, 2.75) is 149 Å². The normalized spacial score (nSPS) is 23.5. The summed E-state index contributed by atoms with van der Waals surface area (Å²) in [5.74, 6) is 7.89. The highest BCUT2D eigenvalue weighted by Crippen LogP contribution is 2.49. The van der Waals surface area contributed by atoms with Gasteiger partial charge in [-0.3, -0.25) is 9.59 Å². The number of halogens is 6. The Bertz CT molecular complexity index is 1200. The molecule has 3 aliphatic rings. The van der Waals surface area contributed by atoms with Crippen molar-refractivity contribution in [2.24, 2.45) is 10.8 Å². The Morgan fingerprint density at radius 2 is 1.53 bits per heavy atom. The van der Waals surface area contributed by atoms with Crippen LogP contribution in [0.15, 0.2) is 23.3 Å². The van der Waals surface area contributed by atoms with Crippen LogP contribution in [0.2, 0.25) is 0 Å². The first-order valence-corrected chi connectivity index (χ1v) is 15.7. The Hall–Kier alpha value is -2.88. The fourth-order valence-corrected chi connectivity index (χ4v) is 5.25. The van der Waals surface area contributed by atoms with E-state index >= 15 is 0 Å². The molecular formula is C35H46F6O4. The molecule has 2 saturated carbocycles. The summed E-state index contributed by atoms with van der Waals surface area (Å²) in [6, 6.07) is 0. The molecule has 0 radical (unpaired) electrons. The lowest BCUT2D eigenvalue weighted by Crippen LogP contribution is -2.58. The van der Waals surface area contributed by atoms with Gasteiger partial charge in [0.1, 0.15) is 6.10 Å². The third kappa shape index (κ3) is 13.2. The molecule has 0 unspecified atom stereocenters. The molecule has 3 aliphatic carbocycles. The molecule has 0 aliphatic heterocycles. The van der Waals surface area contributed by atoms with Gasteiger partial charge in [0.15, 0.2) is 0 Å². The van der Waals surface area contributed by atoms with Crippen molar-refractivity contribution in [3.8, 4) is 23.7 Å². The fourth-order valence-electron chi connectivity index (χ4n) is 5.25. The minimum absolute atomic E-state index is 0.0651. The van der Waals surface area contributed by atoms with Crippen LogP contribution in [-0.4, -0.2) is 36.0 Å². The van der Waals surface area contributed by atoms with Gasteiger partial charge in [0, 0.05) is 38.7 Å². The van der Waals surface area contributed by atoms with E-state index in [1.165, 1.54) is 50.2 Å². The predicted octanol–water partition coefficient (Wildman–Crippen LogP) is 9.73. The highest BCUT2D eigenvalue weighted by Gasteiger charge is 2.74. The molecule has 4 nitrogen and oxygen atoms in total. The molecule has 1 atom stereocenters. The van der Waals surface area contributed by atoms with E-state index in [0.717, 1.165) is 44.4 Å². The van der Waals surface area contributed by atoms with Crippen LogP contribution in [0.3, 0.4) is 0 Å². The monoisotopic (exact) mass is 644 g/mol. The molecule has 45 heavy (non-hydrogen) atoms. The molecule has 252 valence electrons. The van der Waals surface area contributed by atoms with Gasteiger partial charge in [-0.2, -0.15) is 26.3 Å². The summed E-state index contributed by atoms with van der Waals surface area (Å²) in [7, 11) is 0. The minimum Gasteiger partial charge on any atom is -0.462 e. The summed E-state index contributed by atoms with van der Waals surface area (Å²) in [6.45, 7) is 8.47. The second-order valence-corrected chi connectivity index (χ2v) is 13.4. The predicted molar refractivity (Wildman–Crippen MR) is 160 cm³/mol. The van der Waals surface area contributed by atoms with Crippen LogP contribution in [-0.2, 0) is 19.1 Å². The number of rotatable bonds is 4. The average molecular weight is 645 g/mol. The molecule has 0 aromatic rings. The van der Waals surface area contributed by atoms with Gasteiger partial charge in [-0.25, -0.2) is 0 Å². The number of alkyl halides is 6. The maximum Gasteiger partial charge on any atom is 0.450 e. The van der Waals surface area contributed by atoms with Crippen LogP contribution in [0.25, 0.3) is 0 Å². The third-order valence-corrected chi connectivity index (χ3v) is 8.30. The third-order valence-electron chi connectivity index (χ3n) is 8.30. The first-order valence-electron chi connectivity index (χ1n) is 15.7. The Morgan fingerprint density at radius 1 is 0.889 bits per heavy atom. The molecule has 0 heterocycles. The molecule has 10 heteroatoms. The van der Waals surface area contributed by atoms with E-state index in [-0.39, 0.29) is 23.9 Å².